The summed E-state index contributed by atoms with van der Waals surface area (Å²) in [6.07, 6.45) is 0. The van der Waals surface area contributed by atoms with Crippen molar-refractivity contribution in [2.75, 3.05) is 31.0 Å². The fraction of sp³-hybridized carbons (Fsp3) is 0.300. The number of anilines is 2. The van der Waals surface area contributed by atoms with Crippen molar-refractivity contribution in [1.82, 2.24) is 0 Å². The van der Waals surface area contributed by atoms with Crippen LogP contribution in [-0.4, -0.2) is 32.6 Å². The zero-order chi connectivity index (χ0) is 19.3. The van der Waals surface area contributed by atoms with Crippen molar-refractivity contribution in [2.24, 2.45) is 0 Å². The molecule has 2 aromatic rings. The molecule has 0 bridgehead atoms. The molecule has 26 heavy (non-hydrogen) atoms. The topological polar surface area (TPSA) is 67.9 Å². The lowest BCUT2D eigenvalue weighted by Crippen LogP contribution is -2.37. The van der Waals surface area contributed by atoms with E-state index in [4.69, 9.17) is 9.47 Å². The Labute approximate surface area is 153 Å². The van der Waals surface area contributed by atoms with E-state index in [1.807, 2.05) is 32.0 Å². The van der Waals surface area contributed by atoms with Crippen LogP contribution in [0.4, 0.5) is 11.4 Å². The molecule has 0 radical (unpaired) electrons. The largest absolute Gasteiger partial charge is 0.497 e. The molecule has 0 heterocycles. The molecule has 2 amide bonds. The van der Waals surface area contributed by atoms with Gasteiger partial charge in [-0.05, 0) is 37.1 Å². The summed E-state index contributed by atoms with van der Waals surface area (Å²) >= 11 is 0. The number of hydrogen-bond acceptors (Lipinski definition) is 4. The van der Waals surface area contributed by atoms with Crippen molar-refractivity contribution in [3.8, 4) is 11.5 Å². The quantitative estimate of drug-likeness (QED) is 0.862. The standard InChI is InChI=1S/C20H24N2O4/c1-13-7-6-8-14(2)20(13)22(15(3)23)12-19(24)21-17-11-16(25-4)9-10-18(17)26-5/h6-11H,12H2,1-5H3,(H,21,24). The van der Waals surface area contributed by atoms with Crippen LogP contribution in [0.3, 0.4) is 0 Å². The smallest absolute Gasteiger partial charge is 0.244 e. The van der Waals surface area contributed by atoms with Gasteiger partial charge in [-0.25, -0.2) is 0 Å². The van der Waals surface area contributed by atoms with Crippen LogP contribution in [0.5, 0.6) is 11.5 Å². The maximum Gasteiger partial charge on any atom is 0.244 e. The second kappa shape index (κ2) is 8.38. The number of aryl methyl sites for hydroxylation is 2. The van der Waals surface area contributed by atoms with Gasteiger partial charge in [0.25, 0.3) is 0 Å². The van der Waals surface area contributed by atoms with Crippen LogP contribution in [0.1, 0.15) is 18.1 Å². The molecule has 0 atom stereocenters. The third-order valence-corrected chi connectivity index (χ3v) is 4.07. The van der Waals surface area contributed by atoms with Gasteiger partial charge in [-0.2, -0.15) is 0 Å². The monoisotopic (exact) mass is 356 g/mol. The normalized spacial score (nSPS) is 10.2. The molecule has 0 aliphatic heterocycles. The number of rotatable bonds is 6. The molecule has 0 saturated carbocycles. The number of para-hydroxylation sites is 1. The number of benzene rings is 2. The Balaban J connectivity index is 2.26. The highest BCUT2D eigenvalue weighted by molar-refractivity contribution is 6.03. The molecule has 0 spiro atoms. The number of carbonyl (C=O) groups excluding carboxylic acids is 2. The van der Waals surface area contributed by atoms with Crippen LogP contribution in [0, 0.1) is 13.8 Å². The minimum Gasteiger partial charge on any atom is -0.497 e. The number of methoxy groups -OCH3 is 2. The highest BCUT2D eigenvalue weighted by atomic mass is 16.5. The highest BCUT2D eigenvalue weighted by Gasteiger charge is 2.20. The minimum absolute atomic E-state index is 0.0958. The summed E-state index contributed by atoms with van der Waals surface area (Å²) in [7, 11) is 3.07. The van der Waals surface area contributed by atoms with E-state index in [1.165, 1.54) is 18.9 Å². The first-order valence-electron chi connectivity index (χ1n) is 8.23. The number of carbonyl (C=O) groups is 2. The summed E-state index contributed by atoms with van der Waals surface area (Å²) in [5.74, 6) is 0.587. The molecule has 0 aliphatic carbocycles. The van der Waals surface area contributed by atoms with Gasteiger partial charge < -0.3 is 19.7 Å². The third-order valence-electron chi connectivity index (χ3n) is 4.07. The van der Waals surface area contributed by atoms with E-state index >= 15 is 0 Å². The van der Waals surface area contributed by atoms with Gasteiger partial charge in [-0.15, -0.1) is 0 Å². The average Bonchev–Trinajstić information content (AvgIpc) is 2.60. The molecule has 2 rings (SSSR count). The van der Waals surface area contributed by atoms with Gasteiger partial charge in [0.15, 0.2) is 0 Å². The summed E-state index contributed by atoms with van der Waals surface area (Å²) in [4.78, 5) is 26.2. The van der Waals surface area contributed by atoms with E-state index in [0.29, 0.717) is 17.2 Å². The predicted octanol–water partition coefficient (Wildman–Crippen LogP) is 3.31. The first-order valence-corrected chi connectivity index (χ1v) is 8.23. The fourth-order valence-corrected chi connectivity index (χ4v) is 2.82. The van der Waals surface area contributed by atoms with E-state index in [1.54, 1.807) is 25.3 Å². The van der Waals surface area contributed by atoms with Gasteiger partial charge in [-0.3, -0.25) is 9.59 Å². The lowest BCUT2D eigenvalue weighted by atomic mass is 10.1. The fourth-order valence-electron chi connectivity index (χ4n) is 2.82. The maximum atomic E-state index is 12.6. The lowest BCUT2D eigenvalue weighted by Gasteiger charge is -2.24. The van der Waals surface area contributed by atoms with E-state index in [2.05, 4.69) is 5.32 Å². The van der Waals surface area contributed by atoms with E-state index in [-0.39, 0.29) is 18.4 Å². The van der Waals surface area contributed by atoms with Crippen molar-refractivity contribution in [2.45, 2.75) is 20.8 Å². The zero-order valence-electron chi connectivity index (χ0n) is 15.8. The summed E-state index contributed by atoms with van der Waals surface area (Å²) in [6.45, 7) is 5.19. The Morgan fingerprint density at radius 1 is 1.04 bits per heavy atom. The summed E-state index contributed by atoms with van der Waals surface area (Å²) in [5.41, 5.74) is 3.12. The van der Waals surface area contributed by atoms with E-state index in [0.717, 1.165) is 16.8 Å². The molecule has 6 heteroatoms. The highest BCUT2D eigenvalue weighted by Crippen LogP contribution is 2.29. The summed E-state index contributed by atoms with van der Waals surface area (Å²) in [6, 6.07) is 10.9. The van der Waals surface area contributed by atoms with Crippen LogP contribution in [-0.2, 0) is 9.59 Å². The first-order chi connectivity index (χ1) is 12.4. The minimum atomic E-state index is -0.325. The van der Waals surface area contributed by atoms with Crippen molar-refractivity contribution >= 4 is 23.2 Å². The first kappa shape index (κ1) is 19.3. The molecule has 6 nitrogen and oxygen atoms in total. The van der Waals surface area contributed by atoms with E-state index in [9.17, 15) is 9.59 Å². The van der Waals surface area contributed by atoms with Crippen LogP contribution in [0.25, 0.3) is 0 Å². The van der Waals surface area contributed by atoms with Crippen molar-refractivity contribution in [3.05, 3.63) is 47.5 Å². The van der Waals surface area contributed by atoms with Gasteiger partial charge in [0.2, 0.25) is 11.8 Å². The molecule has 0 unspecified atom stereocenters. The third kappa shape index (κ3) is 4.33. The molecule has 138 valence electrons. The number of hydrogen-bond donors (Lipinski definition) is 1. The molecule has 0 saturated heterocycles. The van der Waals surface area contributed by atoms with Crippen LogP contribution < -0.4 is 19.7 Å². The van der Waals surface area contributed by atoms with Gasteiger partial charge in [0.1, 0.15) is 18.0 Å². The zero-order valence-corrected chi connectivity index (χ0v) is 15.8. The second-order valence-corrected chi connectivity index (χ2v) is 5.96. The van der Waals surface area contributed by atoms with Crippen molar-refractivity contribution in [3.63, 3.8) is 0 Å². The van der Waals surface area contributed by atoms with Gasteiger partial charge >= 0.3 is 0 Å². The van der Waals surface area contributed by atoms with Gasteiger partial charge in [0.05, 0.1) is 25.6 Å². The van der Waals surface area contributed by atoms with Crippen LogP contribution in [0.15, 0.2) is 36.4 Å². The summed E-state index contributed by atoms with van der Waals surface area (Å²) < 4.78 is 10.5. The number of nitrogens with zero attached hydrogens (tertiary/aromatic N) is 1. The Bertz CT molecular complexity index is 797. The molecule has 2 aromatic carbocycles. The number of amides is 2. The molecular formula is C20H24N2O4. The average molecular weight is 356 g/mol. The SMILES string of the molecule is COc1ccc(OC)c(NC(=O)CN(C(C)=O)c2c(C)cccc2C)c1. The Kier molecular flexibility index (Phi) is 6.22. The van der Waals surface area contributed by atoms with Crippen molar-refractivity contribution in [1.29, 1.82) is 0 Å². The lowest BCUT2D eigenvalue weighted by molar-refractivity contribution is -0.120. The Hall–Kier alpha value is -3.02. The van der Waals surface area contributed by atoms with Crippen LogP contribution >= 0.6 is 0 Å². The predicted molar refractivity (Wildman–Crippen MR) is 102 cm³/mol. The van der Waals surface area contributed by atoms with Crippen molar-refractivity contribution < 1.29 is 19.1 Å². The van der Waals surface area contributed by atoms with Gasteiger partial charge in [0, 0.05) is 13.0 Å². The van der Waals surface area contributed by atoms with E-state index < -0.39 is 0 Å². The Morgan fingerprint density at radius 2 is 1.69 bits per heavy atom. The van der Waals surface area contributed by atoms with Crippen LogP contribution in [0.2, 0.25) is 0 Å². The maximum absolute atomic E-state index is 12.6. The number of ether oxygens (including phenoxy) is 2. The molecule has 0 aromatic heterocycles. The van der Waals surface area contributed by atoms with Gasteiger partial charge in [-0.1, -0.05) is 18.2 Å². The second-order valence-electron chi connectivity index (χ2n) is 5.96. The molecule has 0 aliphatic rings. The number of nitrogens with one attached hydrogen (secondary N) is 1. The molecular weight excluding hydrogens is 332 g/mol. The summed E-state index contributed by atoms with van der Waals surface area (Å²) in [5, 5.41) is 2.79. The molecule has 1 N–H and O–H groups in total. The Morgan fingerprint density at radius 3 is 2.23 bits per heavy atom. The molecule has 0 fully saturated rings.